The van der Waals surface area contributed by atoms with Crippen LogP contribution in [0, 0.1) is 5.82 Å². The van der Waals surface area contributed by atoms with Gasteiger partial charge in [-0.05, 0) is 24.6 Å². The molecule has 2 aliphatic heterocycles. The van der Waals surface area contributed by atoms with Crippen molar-refractivity contribution in [3.8, 4) is 0 Å². The Bertz CT molecular complexity index is 696. The van der Waals surface area contributed by atoms with Gasteiger partial charge in [-0.1, -0.05) is 11.6 Å². The summed E-state index contributed by atoms with van der Waals surface area (Å²) in [6.07, 6.45) is 0.633. The molecule has 2 fully saturated rings. The first-order valence-corrected chi connectivity index (χ1v) is 9.28. The number of anilines is 1. The van der Waals surface area contributed by atoms with Gasteiger partial charge >= 0.3 is 0 Å². The first kappa shape index (κ1) is 15.7. The molecule has 5 nitrogen and oxygen atoms in total. The molecular weight excluding hydrogens is 331 g/mol. The number of hydrogen-bond donors (Lipinski definition) is 0. The topological polar surface area (TPSA) is 57.7 Å². The average molecular weight is 347 g/mol. The van der Waals surface area contributed by atoms with Crippen LogP contribution in [0.1, 0.15) is 6.42 Å². The van der Waals surface area contributed by atoms with E-state index in [2.05, 4.69) is 0 Å². The summed E-state index contributed by atoms with van der Waals surface area (Å²) in [7, 11) is -2.96. The summed E-state index contributed by atoms with van der Waals surface area (Å²) < 4.78 is 36.2. The summed E-state index contributed by atoms with van der Waals surface area (Å²) in [6, 6.07) is 3.91. The van der Waals surface area contributed by atoms with Crippen molar-refractivity contribution in [2.24, 2.45) is 0 Å². The normalized spacial score (nSPS) is 25.6. The van der Waals surface area contributed by atoms with E-state index in [1.54, 1.807) is 4.90 Å². The molecule has 1 aromatic carbocycles. The fourth-order valence-corrected chi connectivity index (χ4v) is 4.36. The maximum Gasteiger partial charge on any atom is 0.244 e. The zero-order chi connectivity index (χ0) is 15.9. The lowest BCUT2D eigenvalue weighted by molar-refractivity contribution is -0.121. The predicted molar refractivity (Wildman–Crippen MR) is 82.4 cm³/mol. The second kappa shape index (κ2) is 5.79. The summed E-state index contributed by atoms with van der Waals surface area (Å²) in [5, 5.41) is -0.0159. The summed E-state index contributed by atoms with van der Waals surface area (Å²) >= 11 is 5.77. The van der Waals surface area contributed by atoms with Crippen molar-refractivity contribution >= 4 is 33.0 Å². The van der Waals surface area contributed by atoms with Gasteiger partial charge in [0.15, 0.2) is 9.84 Å². The minimum Gasteiger partial charge on any atom is -0.311 e. The van der Waals surface area contributed by atoms with Crippen molar-refractivity contribution in [3.05, 3.63) is 29.0 Å². The fraction of sp³-hybridized carbons (Fsp3) is 0.500. The molecule has 0 saturated carbocycles. The van der Waals surface area contributed by atoms with Gasteiger partial charge in [0.1, 0.15) is 5.82 Å². The average Bonchev–Trinajstić information content (AvgIpc) is 2.84. The van der Waals surface area contributed by atoms with Crippen LogP contribution in [0.2, 0.25) is 5.02 Å². The van der Waals surface area contributed by atoms with Crippen LogP contribution in [0.3, 0.4) is 0 Å². The highest BCUT2D eigenvalue weighted by molar-refractivity contribution is 7.91. The molecule has 0 N–H and O–H groups in total. The summed E-state index contributed by atoms with van der Waals surface area (Å²) in [6.45, 7) is 1.29. The minimum absolute atomic E-state index is 0.0159. The van der Waals surface area contributed by atoms with Gasteiger partial charge in [-0.3, -0.25) is 9.69 Å². The van der Waals surface area contributed by atoms with Crippen molar-refractivity contribution in [2.45, 2.75) is 12.5 Å². The molecule has 1 aromatic rings. The first-order valence-electron chi connectivity index (χ1n) is 7.08. The third kappa shape index (κ3) is 2.98. The lowest BCUT2D eigenvalue weighted by Crippen LogP contribution is -2.49. The Kier molecular flexibility index (Phi) is 4.13. The van der Waals surface area contributed by atoms with Crippen molar-refractivity contribution in [1.82, 2.24) is 4.90 Å². The second-order valence-corrected chi connectivity index (χ2v) is 8.29. The van der Waals surface area contributed by atoms with Crippen LogP contribution in [-0.4, -0.2) is 56.4 Å². The van der Waals surface area contributed by atoms with Crippen molar-refractivity contribution in [3.63, 3.8) is 0 Å². The number of amides is 1. The van der Waals surface area contributed by atoms with E-state index in [-0.39, 0.29) is 28.5 Å². The van der Waals surface area contributed by atoms with Gasteiger partial charge in [-0.15, -0.1) is 0 Å². The zero-order valence-corrected chi connectivity index (χ0v) is 13.4. The molecule has 0 bridgehead atoms. The van der Waals surface area contributed by atoms with Gasteiger partial charge < -0.3 is 4.90 Å². The SMILES string of the molecule is O=C1[C@@H](N2CCS(=O)(=O)CC2)CCN1c1ccc(F)c(Cl)c1. The third-order valence-corrected chi connectivity index (χ3v) is 6.11. The van der Waals surface area contributed by atoms with Gasteiger partial charge in [0.25, 0.3) is 0 Å². The molecule has 2 heterocycles. The molecule has 120 valence electrons. The Hall–Kier alpha value is -1.18. The summed E-state index contributed by atoms with van der Waals surface area (Å²) in [5.74, 6) is -0.407. The highest BCUT2D eigenvalue weighted by Gasteiger charge is 2.38. The molecule has 8 heteroatoms. The van der Waals surface area contributed by atoms with E-state index in [4.69, 9.17) is 11.6 Å². The predicted octanol–water partition coefficient (Wildman–Crippen LogP) is 1.31. The number of carbonyl (C=O) groups is 1. The van der Waals surface area contributed by atoms with Gasteiger partial charge in [-0.25, -0.2) is 12.8 Å². The third-order valence-electron chi connectivity index (χ3n) is 4.21. The maximum atomic E-state index is 13.2. The molecule has 2 saturated heterocycles. The zero-order valence-electron chi connectivity index (χ0n) is 11.8. The fourth-order valence-electron chi connectivity index (χ4n) is 2.95. The Morgan fingerprint density at radius 3 is 2.50 bits per heavy atom. The number of carbonyl (C=O) groups excluding carboxylic acids is 1. The first-order chi connectivity index (χ1) is 10.4. The Balaban J connectivity index is 1.73. The van der Waals surface area contributed by atoms with Crippen molar-refractivity contribution in [2.75, 3.05) is 36.0 Å². The Morgan fingerprint density at radius 2 is 1.86 bits per heavy atom. The minimum atomic E-state index is -2.96. The smallest absolute Gasteiger partial charge is 0.244 e. The largest absolute Gasteiger partial charge is 0.311 e. The molecule has 2 aliphatic rings. The summed E-state index contributed by atoms with van der Waals surface area (Å²) in [4.78, 5) is 16.1. The van der Waals surface area contributed by atoms with E-state index >= 15 is 0 Å². The van der Waals surface area contributed by atoms with Crippen molar-refractivity contribution in [1.29, 1.82) is 0 Å². The van der Waals surface area contributed by atoms with Crippen LogP contribution in [0.15, 0.2) is 18.2 Å². The number of sulfone groups is 1. The number of benzene rings is 1. The highest BCUT2D eigenvalue weighted by atomic mass is 35.5. The molecule has 3 rings (SSSR count). The van der Waals surface area contributed by atoms with Crippen LogP contribution >= 0.6 is 11.6 Å². The lowest BCUT2D eigenvalue weighted by Gasteiger charge is -2.31. The van der Waals surface area contributed by atoms with E-state index in [9.17, 15) is 17.6 Å². The Morgan fingerprint density at radius 1 is 1.18 bits per heavy atom. The summed E-state index contributed by atoms with van der Waals surface area (Å²) in [5.41, 5.74) is 0.573. The molecule has 0 radical (unpaired) electrons. The molecule has 1 atom stereocenters. The van der Waals surface area contributed by atoms with Crippen LogP contribution < -0.4 is 4.90 Å². The Labute approximate surface area is 133 Å². The van der Waals surface area contributed by atoms with E-state index < -0.39 is 15.7 Å². The van der Waals surface area contributed by atoms with E-state index in [1.807, 2.05) is 4.90 Å². The van der Waals surface area contributed by atoms with Crippen LogP contribution in [0.5, 0.6) is 0 Å². The lowest BCUT2D eigenvalue weighted by atomic mass is 10.2. The molecule has 1 amide bonds. The van der Waals surface area contributed by atoms with Gasteiger partial charge in [-0.2, -0.15) is 0 Å². The molecule has 0 unspecified atom stereocenters. The molecule has 22 heavy (non-hydrogen) atoms. The highest BCUT2D eigenvalue weighted by Crippen LogP contribution is 2.28. The standard InChI is InChI=1S/C14H16ClFN2O3S/c15-11-9-10(1-2-12(11)16)18-4-3-13(14(18)19)17-5-7-22(20,21)8-6-17/h1-2,9,13H,3-8H2/t13-/m0/s1. The van der Waals surface area contributed by atoms with E-state index in [0.29, 0.717) is 31.7 Å². The van der Waals surface area contributed by atoms with Gasteiger partial charge in [0.05, 0.1) is 22.6 Å². The number of nitrogens with zero attached hydrogens (tertiary/aromatic N) is 2. The quantitative estimate of drug-likeness (QED) is 0.810. The van der Waals surface area contributed by atoms with Crippen molar-refractivity contribution < 1.29 is 17.6 Å². The molecule has 0 aromatic heterocycles. The monoisotopic (exact) mass is 346 g/mol. The van der Waals surface area contributed by atoms with Gasteiger partial charge in [0.2, 0.25) is 5.91 Å². The number of rotatable bonds is 2. The van der Waals surface area contributed by atoms with Crippen LogP contribution in [0.4, 0.5) is 10.1 Å². The number of halogens is 2. The van der Waals surface area contributed by atoms with E-state index in [1.165, 1.54) is 18.2 Å². The van der Waals surface area contributed by atoms with Crippen LogP contribution in [0.25, 0.3) is 0 Å². The van der Waals surface area contributed by atoms with Crippen LogP contribution in [-0.2, 0) is 14.6 Å². The number of hydrogen-bond acceptors (Lipinski definition) is 4. The second-order valence-electron chi connectivity index (χ2n) is 5.58. The molecule has 0 spiro atoms. The van der Waals surface area contributed by atoms with Gasteiger partial charge in [0, 0.05) is 25.3 Å². The maximum absolute atomic E-state index is 13.2. The van der Waals surface area contributed by atoms with E-state index in [0.717, 1.165) is 0 Å². The molecular formula is C14H16ClFN2O3S. The molecule has 0 aliphatic carbocycles.